The first-order valence-electron chi connectivity index (χ1n) is 5.21. The topological polar surface area (TPSA) is 47.9 Å². The van der Waals surface area contributed by atoms with E-state index in [1.807, 2.05) is 6.92 Å². The largest absolute Gasteiger partial charge is 0.504 e. The fraction of sp³-hybridized carbons (Fsp3) is 1.00. The van der Waals surface area contributed by atoms with Gasteiger partial charge in [0.25, 0.3) is 0 Å². The van der Waals surface area contributed by atoms with Crippen molar-refractivity contribution in [3.63, 3.8) is 0 Å². The Morgan fingerprint density at radius 3 is 2.71 bits per heavy atom. The normalized spacial score (nSPS) is 48.2. The molecule has 2 fully saturated rings. The Kier molecular flexibility index (Phi) is 2.70. The molecule has 14 heavy (non-hydrogen) atoms. The Morgan fingerprint density at radius 2 is 2.07 bits per heavy atom. The van der Waals surface area contributed by atoms with Crippen LogP contribution in [-0.2, 0) is 13.3 Å². The molecule has 0 aliphatic carbocycles. The Morgan fingerprint density at radius 1 is 1.36 bits per heavy atom. The zero-order valence-corrected chi connectivity index (χ0v) is 9.90. The molecule has 0 aromatic carbocycles. The van der Waals surface area contributed by atoms with Gasteiger partial charge in [0.1, 0.15) is 0 Å². The molecule has 0 aromatic heterocycles. The van der Waals surface area contributed by atoms with Crippen molar-refractivity contribution < 1.29 is 18.4 Å². The zero-order chi connectivity index (χ0) is 10.3. The molecule has 2 rings (SSSR count). The average Bonchev–Trinajstić information content (AvgIpc) is 2.43. The van der Waals surface area contributed by atoms with Crippen molar-refractivity contribution >= 4 is 8.80 Å². The third kappa shape index (κ3) is 1.63. The van der Waals surface area contributed by atoms with E-state index in [2.05, 4.69) is 13.8 Å². The molecular formula is C9H18O4Si. The fourth-order valence-corrected chi connectivity index (χ4v) is 4.76. The minimum Gasteiger partial charge on any atom is -0.390 e. The SMILES string of the molecule is CC1CC(O)C2CO[Si](C(C)C)(O1)O2. The molecule has 4 nitrogen and oxygen atoms in total. The summed E-state index contributed by atoms with van der Waals surface area (Å²) in [5.74, 6) is 0. The maximum atomic E-state index is 9.78. The van der Waals surface area contributed by atoms with Gasteiger partial charge < -0.3 is 18.4 Å². The zero-order valence-electron chi connectivity index (χ0n) is 8.90. The van der Waals surface area contributed by atoms with Gasteiger partial charge in [0.05, 0.1) is 18.8 Å². The summed E-state index contributed by atoms with van der Waals surface area (Å²) in [6.45, 7) is 6.56. The molecule has 2 saturated heterocycles. The van der Waals surface area contributed by atoms with Gasteiger partial charge >= 0.3 is 8.80 Å². The van der Waals surface area contributed by atoms with Crippen molar-refractivity contribution in [2.75, 3.05) is 6.61 Å². The summed E-state index contributed by atoms with van der Waals surface area (Å²) in [6, 6.07) is 0. The van der Waals surface area contributed by atoms with E-state index < -0.39 is 14.9 Å². The highest BCUT2D eigenvalue weighted by molar-refractivity contribution is 6.62. The number of hydrogen-bond donors (Lipinski definition) is 1. The molecule has 0 radical (unpaired) electrons. The molecule has 5 heteroatoms. The lowest BCUT2D eigenvalue weighted by atomic mass is 10.1. The van der Waals surface area contributed by atoms with Gasteiger partial charge in [-0.25, -0.2) is 0 Å². The summed E-state index contributed by atoms with van der Waals surface area (Å²) < 4.78 is 17.3. The molecule has 4 unspecified atom stereocenters. The Hall–Kier alpha value is 0.0569. The van der Waals surface area contributed by atoms with Crippen molar-refractivity contribution in [2.24, 2.45) is 0 Å². The molecule has 1 N–H and O–H groups in total. The maximum absolute atomic E-state index is 9.78. The molecule has 2 bridgehead atoms. The van der Waals surface area contributed by atoms with E-state index in [-0.39, 0.29) is 17.7 Å². The Balaban J connectivity index is 2.20. The Labute approximate surface area is 85.5 Å². The molecule has 2 heterocycles. The van der Waals surface area contributed by atoms with E-state index in [9.17, 15) is 5.11 Å². The van der Waals surface area contributed by atoms with Crippen molar-refractivity contribution in [3.05, 3.63) is 0 Å². The van der Waals surface area contributed by atoms with Gasteiger partial charge in [-0.05, 0) is 6.92 Å². The summed E-state index contributed by atoms with van der Waals surface area (Å²) in [4.78, 5) is 0. The first kappa shape index (κ1) is 10.6. The minimum atomic E-state index is -2.48. The monoisotopic (exact) mass is 218 g/mol. The number of hydrogen-bond acceptors (Lipinski definition) is 4. The van der Waals surface area contributed by atoms with Crippen LogP contribution in [0.25, 0.3) is 0 Å². The smallest absolute Gasteiger partial charge is 0.390 e. The summed E-state index contributed by atoms with van der Waals surface area (Å²) in [6.07, 6.45) is 0.0641. The molecule has 82 valence electrons. The van der Waals surface area contributed by atoms with Crippen LogP contribution in [0.2, 0.25) is 5.54 Å². The number of aliphatic hydroxyl groups is 1. The van der Waals surface area contributed by atoms with Crippen LogP contribution in [0, 0.1) is 0 Å². The third-order valence-electron chi connectivity index (χ3n) is 2.84. The van der Waals surface area contributed by atoms with Crippen LogP contribution < -0.4 is 0 Å². The fourth-order valence-electron chi connectivity index (χ4n) is 1.99. The number of rotatable bonds is 1. The molecule has 0 spiro atoms. The van der Waals surface area contributed by atoms with Crippen LogP contribution in [0.1, 0.15) is 27.2 Å². The van der Waals surface area contributed by atoms with Gasteiger partial charge in [-0.3, -0.25) is 0 Å². The number of aliphatic hydroxyl groups excluding tert-OH is 1. The molecule has 0 saturated carbocycles. The van der Waals surface area contributed by atoms with Crippen LogP contribution in [0.4, 0.5) is 0 Å². The Bertz CT molecular complexity index is 219. The second-order valence-electron chi connectivity index (χ2n) is 4.46. The van der Waals surface area contributed by atoms with Crippen molar-refractivity contribution in [3.8, 4) is 0 Å². The van der Waals surface area contributed by atoms with E-state index >= 15 is 0 Å². The molecule has 2 aliphatic heterocycles. The van der Waals surface area contributed by atoms with Gasteiger partial charge in [-0.2, -0.15) is 0 Å². The van der Waals surface area contributed by atoms with E-state index in [0.29, 0.717) is 13.0 Å². The standard InChI is InChI=1S/C9H18O4Si/c1-6(2)14-11-5-9(13-14)8(10)4-7(3)12-14/h6-10H,4-5H2,1-3H3. The summed E-state index contributed by atoms with van der Waals surface area (Å²) in [7, 11) is -2.48. The van der Waals surface area contributed by atoms with Gasteiger partial charge in [0.2, 0.25) is 0 Å². The highest BCUT2D eigenvalue weighted by Crippen LogP contribution is 2.37. The van der Waals surface area contributed by atoms with Crippen LogP contribution in [-0.4, -0.2) is 38.8 Å². The van der Waals surface area contributed by atoms with Crippen LogP contribution in [0.3, 0.4) is 0 Å². The van der Waals surface area contributed by atoms with Crippen LogP contribution in [0.5, 0.6) is 0 Å². The first-order chi connectivity index (χ1) is 6.53. The predicted octanol–water partition coefficient (Wildman–Crippen LogP) is 0.920. The quantitative estimate of drug-likeness (QED) is 0.665. The maximum Gasteiger partial charge on any atom is 0.504 e. The van der Waals surface area contributed by atoms with E-state index in [1.165, 1.54) is 0 Å². The van der Waals surface area contributed by atoms with E-state index in [0.717, 1.165) is 0 Å². The summed E-state index contributed by atoms with van der Waals surface area (Å²) in [5, 5.41) is 9.78. The van der Waals surface area contributed by atoms with E-state index in [4.69, 9.17) is 13.3 Å². The molecule has 0 amide bonds. The lowest BCUT2D eigenvalue weighted by molar-refractivity contribution is 0.0346. The summed E-state index contributed by atoms with van der Waals surface area (Å²) in [5.41, 5.74) is 0.264. The predicted molar refractivity (Wildman–Crippen MR) is 52.8 cm³/mol. The molecule has 2 aliphatic rings. The molecule has 4 atom stereocenters. The first-order valence-corrected chi connectivity index (χ1v) is 7.01. The van der Waals surface area contributed by atoms with Gasteiger partial charge in [0.15, 0.2) is 0 Å². The number of fused-ring (bicyclic) bond motifs is 2. The second kappa shape index (κ2) is 3.57. The van der Waals surface area contributed by atoms with Gasteiger partial charge in [0, 0.05) is 18.1 Å². The summed E-state index contributed by atoms with van der Waals surface area (Å²) >= 11 is 0. The molecule has 0 aromatic rings. The van der Waals surface area contributed by atoms with Crippen LogP contribution in [0.15, 0.2) is 0 Å². The van der Waals surface area contributed by atoms with Gasteiger partial charge in [-0.15, -0.1) is 0 Å². The lowest BCUT2D eigenvalue weighted by Crippen LogP contribution is -2.45. The van der Waals surface area contributed by atoms with Gasteiger partial charge in [-0.1, -0.05) is 13.8 Å². The second-order valence-corrected chi connectivity index (χ2v) is 7.58. The third-order valence-corrected chi connectivity index (χ3v) is 6.18. The van der Waals surface area contributed by atoms with E-state index in [1.54, 1.807) is 0 Å². The van der Waals surface area contributed by atoms with Crippen molar-refractivity contribution in [2.45, 2.75) is 51.0 Å². The lowest BCUT2D eigenvalue weighted by Gasteiger charge is -2.28. The highest BCUT2D eigenvalue weighted by atomic mass is 28.4. The average molecular weight is 218 g/mol. The molecular weight excluding hydrogens is 200 g/mol. The van der Waals surface area contributed by atoms with Crippen molar-refractivity contribution in [1.29, 1.82) is 0 Å². The highest BCUT2D eigenvalue weighted by Gasteiger charge is 2.56. The minimum absolute atomic E-state index is 0.0318. The van der Waals surface area contributed by atoms with Crippen LogP contribution >= 0.6 is 0 Å². The van der Waals surface area contributed by atoms with Crippen molar-refractivity contribution in [1.82, 2.24) is 0 Å².